The number of nitriles is 1. The monoisotopic (exact) mass is 448 g/mol. The normalized spacial score (nSPS) is 13.7. The number of carbonyl (C=O) groups excluding carboxylic acids is 1. The minimum absolute atomic E-state index is 0.177. The SMILES string of the molecule is CCn1c(-c2cccc(NC(=O)OCCOC)c2)c(C#N)c2cc(N3CCOCC3)ccc21. The second-order valence-corrected chi connectivity index (χ2v) is 7.72. The fraction of sp³-hybridized carbons (Fsp3) is 0.360. The zero-order valence-corrected chi connectivity index (χ0v) is 19.0. The van der Waals surface area contributed by atoms with Crippen LogP contribution >= 0.6 is 0 Å². The molecular formula is C25H28N4O4. The van der Waals surface area contributed by atoms with E-state index in [2.05, 4.69) is 46.0 Å². The molecule has 1 saturated heterocycles. The van der Waals surface area contributed by atoms with Crippen LogP contribution in [0.2, 0.25) is 0 Å². The van der Waals surface area contributed by atoms with Crippen molar-refractivity contribution in [1.82, 2.24) is 4.57 Å². The van der Waals surface area contributed by atoms with Gasteiger partial charge in [0, 0.05) is 54.6 Å². The summed E-state index contributed by atoms with van der Waals surface area (Å²) in [4.78, 5) is 14.3. The number of carbonyl (C=O) groups is 1. The van der Waals surface area contributed by atoms with E-state index in [0.717, 1.165) is 40.9 Å². The van der Waals surface area contributed by atoms with Gasteiger partial charge in [0.05, 0.1) is 31.1 Å². The maximum Gasteiger partial charge on any atom is 0.411 e. The van der Waals surface area contributed by atoms with Crippen molar-refractivity contribution >= 4 is 28.4 Å². The number of aryl methyl sites for hydroxylation is 1. The summed E-state index contributed by atoms with van der Waals surface area (Å²) < 4.78 is 17.6. The van der Waals surface area contributed by atoms with Crippen LogP contribution in [0.15, 0.2) is 42.5 Å². The van der Waals surface area contributed by atoms with E-state index in [1.165, 1.54) is 0 Å². The molecule has 8 heteroatoms. The van der Waals surface area contributed by atoms with E-state index in [4.69, 9.17) is 14.2 Å². The second kappa shape index (κ2) is 10.4. The lowest BCUT2D eigenvalue weighted by Crippen LogP contribution is -2.36. The average molecular weight is 449 g/mol. The van der Waals surface area contributed by atoms with E-state index in [0.29, 0.717) is 37.6 Å². The number of hydrogen-bond donors (Lipinski definition) is 1. The summed E-state index contributed by atoms with van der Waals surface area (Å²) >= 11 is 0. The van der Waals surface area contributed by atoms with Crippen molar-refractivity contribution in [3.05, 3.63) is 48.0 Å². The highest BCUT2D eigenvalue weighted by molar-refractivity contribution is 5.97. The van der Waals surface area contributed by atoms with E-state index in [-0.39, 0.29) is 6.61 Å². The number of anilines is 2. The number of benzene rings is 2. The first-order valence-corrected chi connectivity index (χ1v) is 11.1. The fourth-order valence-electron chi connectivity index (χ4n) is 4.22. The van der Waals surface area contributed by atoms with Crippen LogP contribution in [-0.2, 0) is 20.8 Å². The van der Waals surface area contributed by atoms with Crippen molar-refractivity contribution in [3.63, 3.8) is 0 Å². The Morgan fingerprint density at radius 1 is 1.18 bits per heavy atom. The highest BCUT2D eigenvalue weighted by Gasteiger charge is 2.20. The molecule has 0 aliphatic carbocycles. The van der Waals surface area contributed by atoms with Gasteiger partial charge in [0.25, 0.3) is 0 Å². The van der Waals surface area contributed by atoms with Crippen molar-refractivity contribution in [2.45, 2.75) is 13.5 Å². The second-order valence-electron chi connectivity index (χ2n) is 7.72. The molecule has 0 radical (unpaired) electrons. The van der Waals surface area contributed by atoms with Crippen molar-refractivity contribution in [1.29, 1.82) is 5.26 Å². The van der Waals surface area contributed by atoms with Crippen molar-refractivity contribution in [2.24, 2.45) is 0 Å². The minimum Gasteiger partial charge on any atom is -0.447 e. The third kappa shape index (κ3) is 4.80. The molecule has 0 bridgehead atoms. The summed E-state index contributed by atoms with van der Waals surface area (Å²) in [6.07, 6.45) is -0.545. The van der Waals surface area contributed by atoms with Gasteiger partial charge in [-0.3, -0.25) is 5.32 Å². The first-order valence-electron chi connectivity index (χ1n) is 11.1. The molecule has 1 aliphatic heterocycles. The molecule has 0 spiro atoms. The summed E-state index contributed by atoms with van der Waals surface area (Å²) in [5, 5.41) is 13.8. The number of aromatic nitrogens is 1. The summed E-state index contributed by atoms with van der Waals surface area (Å²) in [5.41, 5.74) is 5.02. The number of amides is 1. The smallest absolute Gasteiger partial charge is 0.411 e. The Morgan fingerprint density at radius 3 is 2.73 bits per heavy atom. The standard InChI is InChI=1S/C25H28N4O4/c1-3-29-23-8-7-20(28-9-11-32-12-10-28)16-21(23)22(17-26)24(29)18-5-4-6-19(15-18)27-25(30)33-14-13-31-2/h4-8,15-16H,3,9-14H2,1-2H3,(H,27,30). The summed E-state index contributed by atoms with van der Waals surface area (Å²) in [7, 11) is 1.55. The Hall–Kier alpha value is -3.54. The number of nitrogens with one attached hydrogen (secondary N) is 1. The minimum atomic E-state index is -0.545. The lowest BCUT2D eigenvalue weighted by atomic mass is 10.0. The number of methoxy groups -OCH3 is 1. The summed E-state index contributed by atoms with van der Waals surface area (Å²) in [6.45, 7) is 6.37. The van der Waals surface area contributed by atoms with Gasteiger partial charge in [-0.25, -0.2) is 4.79 Å². The van der Waals surface area contributed by atoms with E-state index in [1.54, 1.807) is 13.2 Å². The van der Waals surface area contributed by atoms with Crippen molar-refractivity contribution in [2.75, 3.05) is 56.8 Å². The number of nitrogens with zero attached hydrogens (tertiary/aromatic N) is 3. The molecule has 33 heavy (non-hydrogen) atoms. The van der Waals surface area contributed by atoms with E-state index < -0.39 is 6.09 Å². The van der Waals surface area contributed by atoms with Crippen molar-refractivity contribution in [3.8, 4) is 17.3 Å². The molecule has 3 aromatic rings. The largest absolute Gasteiger partial charge is 0.447 e. The Labute approximate surface area is 193 Å². The van der Waals surface area contributed by atoms with Crippen LogP contribution in [0.5, 0.6) is 0 Å². The maximum absolute atomic E-state index is 12.0. The molecular weight excluding hydrogens is 420 g/mol. The van der Waals surface area contributed by atoms with Crippen LogP contribution < -0.4 is 10.2 Å². The first kappa shape index (κ1) is 22.6. The van der Waals surface area contributed by atoms with Gasteiger partial charge < -0.3 is 23.7 Å². The van der Waals surface area contributed by atoms with Gasteiger partial charge in [-0.1, -0.05) is 12.1 Å². The van der Waals surface area contributed by atoms with Crippen LogP contribution in [0.4, 0.5) is 16.2 Å². The number of ether oxygens (including phenoxy) is 3. The molecule has 2 heterocycles. The van der Waals surface area contributed by atoms with Crippen LogP contribution in [0.1, 0.15) is 12.5 Å². The molecule has 1 N–H and O–H groups in total. The quantitative estimate of drug-likeness (QED) is 0.544. The van der Waals surface area contributed by atoms with Crippen LogP contribution in [0, 0.1) is 11.3 Å². The van der Waals surface area contributed by atoms with E-state index >= 15 is 0 Å². The van der Waals surface area contributed by atoms with Gasteiger partial charge in [-0.05, 0) is 37.3 Å². The van der Waals surface area contributed by atoms with E-state index in [9.17, 15) is 10.1 Å². The molecule has 4 rings (SSSR count). The zero-order valence-electron chi connectivity index (χ0n) is 19.0. The summed E-state index contributed by atoms with van der Waals surface area (Å²) in [6, 6.07) is 16.2. The molecule has 1 amide bonds. The van der Waals surface area contributed by atoms with Crippen molar-refractivity contribution < 1.29 is 19.0 Å². The Morgan fingerprint density at radius 2 is 2.00 bits per heavy atom. The zero-order chi connectivity index (χ0) is 23.2. The molecule has 0 atom stereocenters. The topological polar surface area (TPSA) is 88.8 Å². The highest BCUT2D eigenvalue weighted by Crippen LogP contribution is 2.36. The third-order valence-corrected chi connectivity index (χ3v) is 5.75. The Bertz CT molecular complexity index is 1180. The van der Waals surface area contributed by atoms with Gasteiger partial charge in [0.1, 0.15) is 12.7 Å². The lowest BCUT2D eigenvalue weighted by Gasteiger charge is -2.28. The van der Waals surface area contributed by atoms with Gasteiger partial charge in [-0.15, -0.1) is 0 Å². The Kier molecular flexibility index (Phi) is 7.13. The van der Waals surface area contributed by atoms with Gasteiger partial charge in [0.2, 0.25) is 0 Å². The van der Waals surface area contributed by atoms with Gasteiger partial charge in [0.15, 0.2) is 0 Å². The van der Waals surface area contributed by atoms with Gasteiger partial charge >= 0.3 is 6.09 Å². The molecule has 0 unspecified atom stereocenters. The first-order chi connectivity index (χ1) is 16.2. The number of rotatable bonds is 7. The van der Waals surface area contributed by atoms with Crippen LogP contribution in [-0.4, -0.2) is 57.3 Å². The number of morpholine rings is 1. The predicted molar refractivity (Wildman–Crippen MR) is 128 cm³/mol. The molecule has 1 aromatic heterocycles. The number of hydrogen-bond acceptors (Lipinski definition) is 6. The third-order valence-electron chi connectivity index (χ3n) is 5.75. The van der Waals surface area contributed by atoms with E-state index in [1.807, 2.05) is 18.2 Å². The van der Waals surface area contributed by atoms with Crippen LogP contribution in [0.3, 0.4) is 0 Å². The average Bonchev–Trinajstić information content (AvgIpc) is 3.17. The maximum atomic E-state index is 12.0. The number of fused-ring (bicyclic) bond motifs is 1. The predicted octanol–water partition coefficient (Wildman–Crippen LogP) is 4.23. The molecule has 1 fully saturated rings. The Balaban J connectivity index is 1.71. The molecule has 8 nitrogen and oxygen atoms in total. The molecule has 2 aromatic carbocycles. The lowest BCUT2D eigenvalue weighted by molar-refractivity contribution is 0.107. The highest BCUT2D eigenvalue weighted by atomic mass is 16.6. The summed E-state index contributed by atoms with van der Waals surface area (Å²) in [5.74, 6) is 0. The molecule has 172 valence electrons. The molecule has 1 aliphatic rings. The van der Waals surface area contributed by atoms with Crippen LogP contribution in [0.25, 0.3) is 22.2 Å². The fourth-order valence-corrected chi connectivity index (χ4v) is 4.22. The van der Waals surface area contributed by atoms with Gasteiger partial charge in [-0.2, -0.15) is 5.26 Å². The molecule has 0 saturated carbocycles.